The van der Waals surface area contributed by atoms with E-state index in [1.54, 1.807) is 37.4 Å². The highest BCUT2D eigenvalue weighted by Gasteiger charge is 2.54. The van der Waals surface area contributed by atoms with Crippen molar-refractivity contribution < 1.29 is 14.7 Å². The summed E-state index contributed by atoms with van der Waals surface area (Å²) in [6.45, 7) is 4.24. The number of carbonyl (C=O) groups excluding carboxylic acids is 1. The number of nitrogens with zero attached hydrogens (tertiary/aromatic N) is 4. The number of likely N-dealkylation sites (N-methyl/N-ethyl adjacent to an activating group) is 1. The zero-order valence-corrected chi connectivity index (χ0v) is 21.3. The molecule has 1 aromatic heterocycles. The maximum Gasteiger partial charge on any atom is 0.326 e. The average molecular weight is 504 g/mol. The number of amidine groups is 1. The summed E-state index contributed by atoms with van der Waals surface area (Å²) in [5.74, 6) is -0.422. The molecule has 10 nitrogen and oxygen atoms in total. The molecule has 2 aliphatic rings. The standard InChI is InChI=1S/C27H33N7O3/c1-4-27-13-12-21(33(17-35)23-7-5-6-14-30-23)15-22(27)34(18(2)26(36)37)24(32(27)3)16-31-20-10-8-19(9-11-20)25(28)29/h5-12,14-15,17-18,24,31H,4,13,16H2,1-3H3,(H3,28,29)(H,36,37)/t18-,24+,27+/m1/s1. The number of nitrogen functional groups attached to an aromatic ring is 1. The number of aromatic nitrogens is 1. The van der Waals surface area contributed by atoms with E-state index in [2.05, 4.69) is 22.1 Å². The first-order valence-electron chi connectivity index (χ1n) is 12.2. The van der Waals surface area contributed by atoms with Crippen LogP contribution in [0.5, 0.6) is 0 Å². The summed E-state index contributed by atoms with van der Waals surface area (Å²) < 4.78 is 0. The van der Waals surface area contributed by atoms with E-state index in [1.165, 1.54) is 4.90 Å². The number of fused-ring (bicyclic) bond motifs is 1. The van der Waals surface area contributed by atoms with Crippen molar-refractivity contribution in [2.75, 3.05) is 23.8 Å². The molecular weight excluding hydrogens is 470 g/mol. The van der Waals surface area contributed by atoms with Crippen LogP contribution < -0.4 is 16.0 Å². The Morgan fingerprint density at radius 2 is 2.08 bits per heavy atom. The minimum atomic E-state index is -0.926. The number of nitrogens with two attached hydrogens (primary N) is 1. The molecule has 194 valence electrons. The van der Waals surface area contributed by atoms with Gasteiger partial charge in [-0.05, 0) is 69.3 Å². The van der Waals surface area contributed by atoms with E-state index in [4.69, 9.17) is 11.1 Å². The van der Waals surface area contributed by atoms with Crippen LogP contribution in [0.2, 0.25) is 0 Å². The van der Waals surface area contributed by atoms with Gasteiger partial charge in [0.05, 0.1) is 5.54 Å². The zero-order chi connectivity index (χ0) is 26.7. The van der Waals surface area contributed by atoms with Crippen molar-refractivity contribution in [3.63, 3.8) is 0 Å². The number of rotatable bonds is 10. The van der Waals surface area contributed by atoms with E-state index < -0.39 is 17.6 Å². The van der Waals surface area contributed by atoms with Gasteiger partial charge in [0.25, 0.3) is 0 Å². The van der Waals surface area contributed by atoms with Crippen LogP contribution in [0.4, 0.5) is 11.5 Å². The number of carboxylic acid groups (broad SMARTS) is 1. The molecule has 1 aromatic carbocycles. The fraction of sp³-hybridized carbons (Fsp3) is 0.333. The molecule has 3 atom stereocenters. The summed E-state index contributed by atoms with van der Waals surface area (Å²) in [4.78, 5) is 34.3. The molecule has 2 aromatic rings. The van der Waals surface area contributed by atoms with Crippen molar-refractivity contribution >= 4 is 29.7 Å². The van der Waals surface area contributed by atoms with E-state index in [0.29, 0.717) is 30.0 Å². The molecule has 0 bridgehead atoms. The Morgan fingerprint density at radius 3 is 2.65 bits per heavy atom. The lowest BCUT2D eigenvalue weighted by Gasteiger charge is -2.39. The van der Waals surface area contributed by atoms with Gasteiger partial charge in [-0.25, -0.2) is 9.78 Å². The second-order valence-corrected chi connectivity index (χ2v) is 9.30. The Bertz CT molecular complexity index is 1230. The number of carbonyl (C=O) groups is 2. The van der Waals surface area contributed by atoms with Crippen LogP contribution in [0, 0.1) is 5.41 Å². The van der Waals surface area contributed by atoms with Gasteiger partial charge in [0, 0.05) is 35.4 Å². The molecule has 0 unspecified atom stereocenters. The predicted octanol–water partition coefficient (Wildman–Crippen LogP) is 2.81. The highest BCUT2D eigenvalue weighted by atomic mass is 16.4. The molecule has 1 amide bonds. The molecule has 1 aliphatic carbocycles. The first kappa shape index (κ1) is 25.9. The predicted molar refractivity (Wildman–Crippen MR) is 143 cm³/mol. The SMILES string of the molecule is CC[C@]12CC=C(N(C=O)c3ccccn3)C=C1N([C@H](C)C(=O)O)[C@@H](CNc1ccc(C(=N)N)cc1)N2C. The number of anilines is 2. The zero-order valence-electron chi connectivity index (χ0n) is 21.3. The molecule has 0 spiro atoms. The quantitative estimate of drug-likeness (QED) is 0.221. The van der Waals surface area contributed by atoms with E-state index in [0.717, 1.165) is 24.2 Å². The second kappa shape index (κ2) is 10.4. The van der Waals surface area contributed by atoms with Crippen LogP contribution in [0.15, 0.2) is 72.2 Å². The fourth-order valence-corrected chi connectivity index (χ4v) is 5.27. The van der Waals surface area contributed by atoms with Crippen LogP contribution >= 0.6 is 0 Å². The lowest BCUT2D eigenvalue weighted by Crippen LogP contribution is -2.50. The molecule has 0 radical (unpaired) electrons. The summed E-state index contributed by atoms with van der Waals surface area (Å²) in [6, 6.07) is 11.8. The fourth-order valence-electron chi connectivity index (χ4n) is 5.27. The number of carboxylic acids is 1. The third kappa shape index (κ3) is 4.67. The van der Waals surface area contributed by atoms with Crippen molar-refractivity contribution in [2.24, 2.45) is 5.73 Å². The van der Waals surface area contributed by atoms with Gasteiger partial charge >= 0.3 is 5.97 Å². The molecule has 4 rings (SSSR count). The Hall–Kier alpha value is -4.18. The first-order valence-corrected chi connectivity index (χ1v) is 12.2. The van der Waals surface area contributed by atoms with Crippen molar-refractivity contribution in [3.05, 3.63) is 77.8 Å². The lowest BCUT2D eigenvalue weighted by molar-refractivity contribution is -0.142. The number of nitrogens with one attached hydrogen (secondary N) is 2. The summed E-state index contributed by atoms with van der Waals surface area (Å²) >= 11 is 0. The smallest absolute Gasteiger partial charge is 0.326 e. The molecule has 37 heavy (non-hydrogen) atoms. The van der Waals surface area contributed by atoms with Crippen LogP contribution in [0.3, 0.4) is 0 Å². The highest BCUT2D eigenvalue weighted by molar-refractivity contribution is 5.95. The van der Waals surface area contributed by atoms with Gasteiger partial charge < -0.3 is 21.1 Å². The minimum Gasteiger partial charge on any atom is -0.480 e. The van der Waals surface area contributed by atoms with Gasteiger partial charge in [0.1, 0.15) is 23.9 Å². The average Bonchev–Trinajstić information content (AvgIpc) is 3.15. The van der Waals surface area contributed by atoms with E-state index in [-0.39, 0.29) is 12.0 Å². The number of hydrogen-bond acceptors (Lipinski definition) is 7. The maximum atomic E-state index is 12.2. The van der Waals surface area contributed by atoms with Crippen molar-refractivity contribution in [1.29, 1.82) is 5.41 Å². The Balaban J connectivity index is 1.69. The van der Waals surface area contributed by atoms with Crippen LogP contribution in [-0.4, -0.2) is 69.4 Å². The van der Waals surface area contributed by atoms with E-state index in [1.807, 2.05) is 42.3 Å². The number of allylic oxidation sites excluding steroid dienone is 1. The van der Waals surface area contributed by atoms with Gasteiger partial charge in [0.15, 0.2) is 0 Å². The lowest BCUT2D eigenvalue weighted by atomic mass is 9.83. The Labute approximate surface area is 216 Å². The molecule has 0 saturated carbocycles. The van der Waals surface area contributed by atoms with Crippen molar-refractivity contribution in [2.45, 2.75) is 44.4 Å². The van der Waals surface area contributed by atoms with E-state index in [9.17, 15) is 14.7 Å². The normalized spacial score (nSPS) is 21.9. The van der Waals surface area contributed by atoms with Crippen molar-refractivity contribution in [1.82, 2.24) is 14.8 Å². The first-order chi connectivity index (χ1) is 17.7. The molecule has 2 heterocycles. The van der Waals surface area contributed by atoms with Gasteiger partial charge in [-0.3, -0.25) is 20.0 Å². The Kier molecular flexibility index (Phi) is 7.30. The maximum absolute atomic E-state index is 12.2. The second-order valence-electron chi connectivity index (χ2n) is 9.30. The summed E-state index contributed by atoms with van der Waals surface area (Å²) in [6.07, 6.45) is 7.42. The highest BCUT2D eigenvalue weighted by Crippen LogP contribution is 2.47. The third-order valence-corrected chi connectivity index (χ3v) is 7.46. The van der Waals surface area contributed by atoms with Gasteiger partial charge in [-0.15, -0.1) is 0 Å². The van der Waals surface area contributed by atoms with E-state index >= 15 is 0 Å². The molecule has 10 heteroatoms. The molecule has 5 N–H and O–H groups in total. The minimum absolute atomic E-state index is 0.00260. The number of hydrogen-bond donors (Lipinski definition) is 4. The number of amides is 1. The number of pyridine rings is 1. The van der Waals surface area contributed by atoms with Gasteiger partial charge in [-0.1, -0.05) is 19.1 Å². The molecular formula is C27H33N7O3. The molecule has 1 aliphatic heterocycles. The monoisotopic (exact) mass is 503 g/mol. The topological polar surface area (TPSA) is 139 Å². The summed E-state index contributed by atoms with van der Waals surface area (Å²) in [5.41, 5.74) is 8.16. The largest absolute Gasteiger partial charge is 0.480 e. The number of benzene rings is 1. The molecule has 1 fully saturated rings. The van der Waals surface area contributed by atoms with Crippen molar-refractivity contribution in [3.8, 4) is 0 Å². The Morgan fingerprint density at radius 1 is 1.35 bits per heavy atom. The van der Waals surface area contributed by atoms with Crippen LogP contribution in [0.1, 0.15) is 32.3 Å². The van der Waals surface area contributed by atoms with Gasteiger partial charge in [-0.2, -0.15) is 0 Å². The molecule has 1 saturated heterocycles. The third-order valence-electron chi connectivity index (χ3n) is 7.46. The number of aliphatic carboxylic acids is 1. The van der Waals surface area contributed by atoms with Crippen LogP contribution in [-0.2, 0) is 9.59 Å². The summed E-state index contributed by atoms with van der Waals surface area (Å²) in [7, 11) is 2.02. The summed E-state index contributed by atoms with van der Waals surface area (Å²) in [5, 5.41) is 21.0. The van der Waals surface area contributed by atoms with Crippen LogP contribution in [0.25, 0.3) is 0 Å². The van der Waals surface area contributed by atoms with Gasteiger partial charge in [0.2, 0.25) is 6.41 Å².